The van der Waals surface area contributed by atoms with E-state index in [1.165, 1.54) is 19.2 Å². The average molecular weight is 592 g/mol. The van der Waals surface area contributed by atoms with Gasteiger partial charge in [-0.2, -0.15) is 8.78 Å². The number of fused-ring (bicyclic) bond motifs is 5. The zero-order chi connectivity index (χ0) is 29.8. The fraction of sp³-hybridized carbons (Fsp3) is 0.355. The number of nitrogens with zero attached hydrogens (tertiary/aromatic N) is 5. The number of halogens is 3. The number of alkyl halides is 2. The molecule has 1 aliphatic heterocycles. The molecule has 7 rings (SSSR count). The van der Waals surface area contributed by atoms with Crippen molar-refractivity contribution in [3.8, 4) is 16.9 Å². The third kappa shape index (κ3) is 4.60. The van der Waals surface area contributed by atoms with E-state index >= 15 is 4.39 Å². The quantitative estimate of drug-likeness (QED) is 0.211. The summed E-state index contributed by atoms with van der Waals surface area (Å²) in [4.78, 5) is 28.0. The first kappa shape index (κ1) is 27.4. The Hall–Kier alpha value is -4.45. The maximum Gasteiger partial charge on any atom is 0.387 e. The smallest absolute Gasteiger partial charge is 0.387 e. The van der Waals surface area contributed by atoms with Crippen LogP contribution in [0.4, 0.5) is 19.1 Å². The highest BCUT2D eigenvalue weighted by molar-refractivity contribution is 5.78. The van der Waals surface area contributed by atoms with Crippen LogP contribution in [0.15, 0.2) is 60.6 Å². The molecule has 4 heterocycles. The number of hydrogen-bond donors (Lipinski definition) is 0. The highest BCUT2D eigenvalue weighted by Gasteiger charge is 2.42. The van der Waals surface area contributed by atoms with Gasteiger partial charge < -0.3 is 23.5 Å². The number of para-hydroxylation sites is 1. The van der Waals surface area contributed by atoms with Gasteiger partial charge in [0.1, 0.15) is 23.3 Å². The maximum absolute atomic E-state index is 15.5. The lowest BCUT2D eigenvalue weighted by molar-refractivity contribution is -0.145. The van der Waals surface area contributed by atoms with E-state index in [2.05, 4.69) is 21.0 Å². The van der Waals surface area contributed by atoms with E-state index < -0.39 is 18.5 Å². The second-order valence-electron chi connectivity index (χ2n) is 11.0. The summed E-state index contributed by atoms with van der Waals surface area (Å²) in [5.74, 6) is -0.650. The first-order valence-corrected chi connectivity index (χ1v) is 14.0. The Morgan fingerprint density at radius 1 is 1.14 bits per heavy atom. The molecule has 0 amide bonds. The number of ether oxygens (including phenoxy) is 3. The minimum absolute atomic E-state index is 0.0753. The molecular formula is C31H28F3N5O4. The Morgan fingerprint density at radius 3 is 2.65 bits per heavy atom. The van der Waals surface area contributed by atoms with Crippen molar-refractivity contribution in [1.82, 2.24) is 19.4 Å². The topological polar surface area (TPSA) is 91.1 Å². The SMILES string of the molecule is COC(=O)[C@@H]1C2=CC[C@H]1CN(c1ncc(-c3cn4c5c(nc4cc3F)[C@H](OC)C[C@@H]5c3ccccc3OC(F)F)cn1)C2. The summed E-state index contributed by atoms with van der Waals surface area (Å²) in [6.45, 7) is -1.84. The average Bonchev–Trinajstić information content (AvgIpc) is 3.63. The van der Waals surface area contributed by atoms with Crippen LogP contribution in [0.3, 0.4) is 0 Å². The van der Waals surface area contributed by atoms with Crippen LogP contribution < -0.4 is 9.64 Å². The van der Waals surface area contributed by atoms with Gasteiger partial charge >= 0.3 is 12.6 Å². The van der Waals surface area contributed by atoms with Gasteiger partial charge in [0.05, 0.1) is 24.4 Å². The van der Waals surface area contributed by atoms with Gasteiger partial charge in [-0.05, 0) is 30.4 Å². The third-order valence-corrected chi connectivity index (χ3v) is 8.72. The fourth-order valence-corrected chi connectivity index (χ4v) is 6.81. The summed E-state index contributed by atoms with van der Waals surface area (Å²) in [7, 11) is 2.97. The highest BCUT2D eigenvalue weighted by Crippen LogP contribution is 2.48. The summed E-state index contributed by atoms with van der Waals surface area (Å²) >= 11 is 0. The number of benzene rings is 1. The fourth-order valence-electron chi connectivity index (χ4n) is 6.81. The molecule has 1 aromatic carbocycles. The van der Waals surface area contributed by atoms with Crippen molar-refractivity contribution in [3.63, 3.8) is 0 Å². The number of rotatable bonds is 7. The number of hydrogen-bond acceptors (Lipinski definition) is 8. The maximum atomic E-state index is 15.5. The second-order valence-corrected chi connectivity index (χ2v) is 11.0. The number of pyridine rings is 1. The number of esters is 1. The summed E-state index contributed by atoms with van der Waals surface area (Å²) in [6.07, 6.45) is 7.75. The van der Waals surface area contributed by atoms with Crippen LogP contribution in [0, 0.1) is 17.7 Å². The number of imidazole rings is 1. The van der Waals surface area contributed by atoms with Gasteiger partial charge in [-0.3, -0.25) is 4.79 Å². The molecule has 0 saturated carbocycles. The largest absolute Gasteiger partial charge is 0.469 e. The Morgan fingerprint density at radius 2 is 1.93 bits per heavy atom. The standard InChI is InChI=1S/C31H28F3N5O4/c1-41-24-9-20(19-5-3-4-6-23(19)43-30(33)34)28-27(24)37-25-10-22(32)21(15-39(25)28)18-11-35-31(36-12-18)38-13-16-7-8-17(14-38)26(16)29(40)42-2/h3-7,10-12,15,17,20,24,26,30H,8-9,13-14H2,1-2H3/t17-,20+,24+,26+/m0/s1. The van der Waals surface area contributed by atoms with Gasteiger partial charge in [0, 0.05) is 67.5 Å². The Bertz CT molecular complexity index is 1740. The molecule has 0 N–H and O–H groups in total. The van der Waals surface area contributed by atoms with Crippen molar-refractivity contribution in [2.75, 3.05) is 32.2 Å². The minimum Gasteiger partial charge on any atom is -0.469 e. The molecule has 2 bridgehead atoms. The first-order valence-electron chi connectivity index (χ1n) is 14.0. The molecule has 4 atom stereocenters. The van der Waals surface area contributed by atoms with Crippen LogP contribution in [0.5, 0.6) is 5.75 Å². The second kappa shape index (κ2) is 10.7. The van der Waals surface area contributed by atoms with Gasteiger partial charge in [0.25, 0.3) is 0 Å². The molecule has 0 unspecified atom stereocenters. The normalized spacial score (nSPS) is 22.7. The van der Waals surface area contributed by atoms with E-state index in [1.807, 2.05) is 4.90 Å². The molecule has 12 heteroatoms. The molecule has 3 aliphatic rings. The van der Waals surface area contributed by atoms with E-state index in [9.17, 15) is 13.6 Å². The van der Waals surface area contributed by atoms with Crippen molar-refractivity contribution in [2.45, 2.75) is 31.5 Å². The van der Waals surface area contributed by atoms with Gasteiger partial charge in [-0.25, -0.2) is 19.3 Å². The summed E-state index contributed by atoms with van der Waals surface area (Å²) in [5.41, 5.74) is 4.04. The Balaban J connectivity index is 1.22. The predicted molar refractivity (Wildman–Crippen MR) is 149 cm³/mol. The molecule has 0 spiro atoms. The number of methoxy groups -OCH3 is 2. The van der Waals surface area contributed by atoms with Gasteiger partial charge in [0.15, 0.2) is 0 Å². The molecule has 1 fully saturated rings. The molecule has 43 heavy (non-hydrogen) atoms. The van der Waals surface area contributed by atoms with Crippen LogP contribution in [0.1, 0.15) is 41.8 Å². The monoisotopic (exact) mass is 591 g/mol. The predicted octanol–water partition coefficient (Wildman–Crippen LogP) is 5.31. The Labute approximate surface area is 244 Å². The molecule has 222 valence electrons. The number of aromatic nitrogens is 4. The number of allylic oxidation sites excluding steroid dienone is 1. The van der Waals surface area contributed by atoms with Crippen molar-refractivity contribution < 1.29 is 32.2 Å². The van der Waals surface area contributed by atoms with Crippen molar-refractivity contribution >= 4 is 17.6 Å². The molecule has 0 radical (unpaired) electrons. The number of carbonyl (C=O) groups excluding carboxylic acids is 1. The minimum atomic E-state index is -2.97. The van der Waals surface area contributed by atoms with Gasteiger partial charge in [-0.15, -0.1) is 0 Å². The number of anilines is 1. The van der Waals surface area contributed by atoms with Gasteiger partial charge in [-0.1, -0.05) is 24.3 Å². The van der Waals surface area contributed by atoms with Crippen LogP contribution in [0.2, 0.25) is 0 Å². The summed E-state index contributed by atoms with van der Waals surface area (Å²) in [6, 6.07) is 8.00. The first-order chi connectivity index (χ1) is 20.9. The summed E-state index contributed by atoms with van der Waals surface area (Å²) < 4.78 is 59.2. The molecule has 1 saturated heterocycles. The van der Waals surface area contributed by atoms with E-state index in [1.54, 1.807) is 48.3 Å². The summed E-state index contributed by atoms with van der Waals surface area (Å²) in [5, 5.41) is 0. The van der Waals surface area contributed by atoms with E-state index in [4.69, 9.17) is 14.2 Å². The van der Waals surface area contributed by atoms with Crippen molar-refractivity contribution in [3.05, 3.63) is 83.3 Å². The molecular weight excluding hydrogens is 563 g/mol. The molecule has 4 aromatic rings. The van der Waals surface area contributed by atoms with E-state index in [0.717, 1.165) is 17.7 Å². The molecule has 9 nitrogen and oxygen atoms in total. The number of carbonyl (C=O) groups is 1. The third-order valence-electron chi connectivity index (χ3n) is 8.72. The van der Waals surface area contributed by atoms with Crippen molar-refractivity contribution in [2.24, 2.45) is 11.8 Å². The van der Waals surface area contributed by atoms with E-state index in [0.29, 0.717) is 47.9 Å². The zero-order valence-corrected chi connectivity index (χ0v) is 23.4. The van der Waals surface area contributed by atoms with Gasteiger partial charge in [0.2, 0.25) is 5.95 Å². The lowest BCUT2D eigenvalue weighted by Gasteiger charge is -2.34. The Kier molecular flexibility index (Phi) is 6.80. The lowest BCUT2D eigenvalue weighted by atomic mass is 9.87. The number of piperidine rings is 1. The highest BCUT2D eigenvalue weighted by atomic mass is 19.3. The zero-order valence-electron chi connectivity index (χ0n) is 23.4. The lowest BCUT2D eigenvalue weighted by Crippen LogP contribution is -2.43. The molecule has 2 aliphatic carbocycles. The van der Waals surface area contributed by atoms with Crippen LogP contribution in [-0.2, 0) is 14.3 Å². The van der Waals surface area contributed by atoms with Crippen molar-refractivity contribution in [1.29, 1.82) is 0 Å². The molecule has 3 aromatic heterocycles. The van der Waals surface area contributed by atoms with Crippen LogP contribution in [-0.4, -0.2) is 59.2 Å². The van der Waals surface area contributed by atoms with E-state index in [-0.39, 0.29) is 35.0 Å². The van der Waals surface area contributed by atoms with Crippen LogP contribution >= 0.6 is 0 Å². The van der Waals surface area contributed by atoms with Crippen LogP contribution in [0.25, 0.3) is 16.8 Å².